The topological polar surface area (TPSA) is 51.0 Å². The van der Waals surface area contributed by atoms with Crippen LogP contribution in [0.4, 0.5) is 17.6 Å². The highest BCUT2D eigenvalue weighted by atomic mass is 32.1. The SMILES string of the molecule is O=C(c1csc(-c2ccccc2F)n1)N1CCCC(n2ccc(C(F)(F)F)n2)C1. The fourth-order valence-corrected chi connectivity index (χ4v) is 4.16. The van der Waals surface area contributed by atoms with Gasteiger partial charge in [-0.15, -0.1) is 11.3 Å². The van der Waals surface area contributed by atoms with Crippen LogP contribution in [0.5, 0.6) is 0 Å². The first-order valence-corrected chi connectivity index (χ1v) is 9.83. The Balaban J connectivity index is 1.50. The summed E-state index contributed by atoms with van der Waals surface area (Å²) in [4.78, 5) is 18.7. The highest BCUT2D eigenvalue weighted by Crippen LogP contribution is 2.30. The Morgan fingerprint density at radius 3 is 2.72 bits per heavy atom. The fraction of sp³-hybridized carbons (Fsp3) is 0.316. The van der Waals surface area contributed by atoms with Gasteiger partial charge < -0.3 is 4.90 Å². The van der Waals surface area contributed by atoms with Gasteiger partial charge in [-0.2, -0.15) is 18.3 Å². The van der Waals surface area contributed by atoms with Crippen molar-refractivity contribution in [3.8, 4) is 10.6 Å². The number of likely N-dealkylation sites (tertiary alicyclic amines) is 1. The van der Waals surface area contributed by atoms with Crippen LogP contribution in [-0.4, -0.2) is 38.7 Å². The number of amides is 1. The third-order valence-electron chi connectivity index (χ3n) is 4.78. The quantitative estimate of drug-likeness (QED) is 0.576. The molecule has 1 saturated heterocycles. The fourth-order valence-electron chi connectivity index (χ4n) is 3.34. The third-order valence-corrected chi connectivity index (χ3v) is 5.66. The van der Waals surface area contributed by atoms with Gasteiger partial charge in [0, 0.05) is 30.2 Å². The van der Waals surface area contributed by atoms with Crippen LogP contribution < -0.4 is 0 Å². The number of benzene rings is 1. The number of piperidine rings is 1. The minimum atomic E-state index is -4.50. The Kier molecular flexibility index (Phi) is 5.12. The number of hydrogen-bond donors (Lipinski definition) is 0. The molecule has 2 aromatic heterocycles. The lowest BCUT2D eigenvalue weighted by atomic mass is 10.1. The summed E-state index contributed by atoms with van der Waals surface area (Å²) in [6.07, 6.45) is -1.94. The second-order valence-corrected chi connectivity index (χ2v) is 7.60. The maximum absolute atomic E-state index is 13.9. The minimum Gasteiger partial charge on any atom is -0.335 e. The molecule has 5 nitrogen and oxygen atoms in total. The summed E-state index contributed by atoms with van der Waals surface area (Å²) in [5.74, 6) is -0.741. The Bertz CT molecular complexity index is 1030. The van der Waals surface area contributed by atoms with Gasteiger partial charge in [0.1, 0.15) is 16.5 Å². The van der Waals surface area contributed by atoms with Crippen LogP contribution in [0.25, 0.3) is 10.6 Å². The molecule has 1 amide bonds. The zero-order chi connectivity index (χ0) is 20.6. The minimum absolute atomic E-state index is 0.199. The lowest BCUT2D eigenvalue weighted by Crippen LogP contribution is -2.41. The van der Waals surface area contributed by atoms with Crippen molar-refractivity contribution in [3.63, 3.8) is 0 Å². The van der Waals surface area contributed by atoms with Crippen LogP contribution in [0.2, 0.25) is 0 Å². The molecule has 3 heterocycles. The van der Waals surface area contributed by atoms with Gasteiger partial charge in [0.15, 0.2) is 5.69 Å². The summed E-state index contributed by atoms with van der Waals surface area (Å²) < 4.78 is 53.6. The van der Waals surface area contributed by atoms with Crippen molar-refractivity contribution in [1.82, 2.24) is 19.7 Å². The number of halogens is 4. The van der Waals surface area contributed by atoms with E-state index < -0.39 is 17.7 Å². The van der Waals surface area contributed by atoms with Crippen LogP contribution in [0.15, 0.2) is 41.9 Å². The molecule has 152 valence electrons. The van der Waals surface area contributed by atoms with Gasteiger partial charge in [0.2, 0.25) is 0 Å². The van der Waals surface area contributed by atoms with E-state index in [0.29, 0.717) is 30.0 Å². The van der Waals surface area contributed by atoms with Gasteiger partial charge in [0.05, 0.1) is 6.04 Å². The maximum Gasteiger partial charge on any atom is 0.435 e. The van der Waals surface area contributed by atoms with Gasteiger partial charge >= 0.3 is 6.18 Å². The second-order valence-electron chi connectivity index (χ2n) is 6.74. The summed E-state index contributed by atoms with van der Waals surface area (Å²) in [5, 5.41) is 5.60. The average Bonchev–Trinajstić information content (AvgIpc) is 3.38. The molecule has 1 atom stereocenters. The molecule has 0 spiro atoms. The Morgan fingerprint density at radius 1 is 1.21 bits per heavy atom. The van der Waals surface area contributed by atoms with E-state index in [0.717, 1.165) is 6.07 Å². The molecule has 1 aliphatic rings. The van der Waals surface area contributed by atoms with Crippen LogP contribution in [-0.2, 0) is 6.18 Å². The highest BCUT2D eigenvalue weighted by molar-refractivity contribution is 7.13. The first kappa shape index (κ1) is 19.6. The zero-order valence-corrected chi connectivity index (χ0v) is 15.9. The van der Waals surface area contributed by atoms with Crippen molar-refractivity contribution in [1.29, 1.82) is 0 Å². The Morgan fingerprint density at radius 2 is 2.00 bits per heavy atom. The van der Waals surface area contributed by atoms with E-state index in [1.165, 1.54) is 28.3 Å². The van der Waals surface area contributed by atoms with Crippen LogP contribution in [0.3, 0.4) is 0 Å². The smallest absolute Gasteiger partial charge is 0.335 e. The molecule has 1 fully saturated rings. The molecular formula is C19H16F4N4OS. The Hall–Kier alpha value is -2.75. The van der Waals surface area contributed by atoms with E-state index in [9.17, 15) is 22.4 Å². The van der Waals surface area contributed by atoms with Crippen LogP contribution >= 0.6 is 11.3 Å². The van der Waals surface area contributed by atoms with Crippen molar-refractivity contribution in [3.05, 3.63) is 59.1 Å². The molecule has 10 heteroatoms. The van der Waals surface area contributed by atoms with Crippen molar-refractivity contribution in [2.24, 2.45) is 0 Å². The van der Waals surface area contributed by atoms with Crippen molar-refractivity contribution < 1.29 is 22.4 Å². The number of nitrogens with zero attached hydrogens (tertiary/aromatic N) is 4. The van der Waals surface area contributed by atoms with Crippen molar-refractivity contribution in [2.75, 3.05) is 13.1 Å². The first-order chi connectivity index (χ1) is 13.8. The lowest BCUT2D eigenvalue weighted by Gasteiger charge is -2.32. The van der Waals surface area contributed by atoms with Gasteiger partial charge in [0.25, 0.3) is 5.91 Å². The standard InChI is InChI=1S/C19H16F4N4OS/c20-14-6-2-1-5-13(14)17-24-15(11-29-17)18(28)26-8-3-4-12(10-26)27-9-7-16(25-27)19(21,22)23/h1-2,5-7,9,11-12H,3-4,8,10H2. The van der Waals surface area contributed by atoms with Gasteiger partial charge in [-0.25, -0.2) is 9.37 Å². The van der Waals surface area contributed by atoms with E-state index >= 15 is 0 Å². The number of aromatic nitrogens is 3. The molecule has 1 aromatic carbocycles. The first-order valence-electron chi connectivity index (χ1n) is 8.95. The number of hydrogen-bond acceptors (Lipinski definition) is 4. The molecule has 0 N–H and O–H groups in total. The highest BCUT2D eigenvalue weighted by Gasteiger charge is 2.35. The Labute approximate surface area is 167 Å². The lowest BCUT2D eigenvalue weighted by molar-refractivity contribution is -0.141. The molecule has 0 radical (unpaired) electrons. The normalized spacial score (nSPS) is 17.5. The number of carbonyl (C=O) groups excluding carboxylic acids is 1. The van der Waals surface area contributed by atoms with E-state index in [-0.39, 0.29) is 24.2 Å². The van der Waals surface area contributed by atoms with Crippen molar-refractivity contribution in [2.45, 2.75) is 25.1 Å². The van der Waals surface area contributed by atoms with E-state index in [4.69, 9.17) is 0 Å². The number of thiazole rings is 1. The molecule has 0 aliphatic carbocycles. The monoisotopic (exact) mass is 424 g/mol. The zero-order valence-electron chi connectivity index (χ0n) is 15.1. The molecule has 0 saturated carbocycles. The van der Waals surface area contributed by atoms with E-state index in [1.807, 2.05) is 0 Å². The van der Waals surface area contributed by atoms with Gasteiger partial charge in [-0.3, -0.25) is 9.48 Å². The maximum atomic E-state index is 13.9. The summed E-state index contributed by atoms with van der Waals surface area (Å²) in [6.45, 7) is 0.722. The van der Waals surface area contributed by atoms with Crippen LogP contribution in [0, 0.1) is 5.82 Å². The number of rotatable bonds is 3. The molecule has 0 bridgehead atoms. The predicted molar refractivity (Wildman–Crippen MR) is 98.9 cm³/mol. The second kappa shape index (κ2) is 7.58. The summed E-state index contributed by atoms with van der Waals surface area (Å²) in [6, 6.07) is 6.78. The number of alkyl halides is 3. The third kappa shape index (κ3) is 4.02. The summed E-state index contributed by atoms with van der Waals surface area (Å²) in [7, 11) is 0. The largest absolute Gasteiger partial charge is 0.435 e. The molecule has 29 heavy (non-hydrogen) atoms. The summed E-state index contributed by atoms with van der Waals surface area (Å²) in [5.41, 5.74) is -0.426. The molecule has 1 aliphatic heterocycles. The predicted octanol–water partition coefficient (Wildman–Crippen LogP) is 4.64. The molecule has 4 rings (SSSR count). The molecular weight excluding hydrogens is 408 g/mol. The van der Waals surface area contributed by atoms with Gasteiger partial charge in [-0.05, 0) is 31.0 Å². The molecule has 3 aromatic rings. The average molecular weight is 424 g/mol. The van der Waals surface area contributed by atoms with Crippen molar-refractivity contribution >= 4 is 17.2 Å². The van der Waals surface area contributed by atoms with E-state index in [2.05, 4.69) is 10.1 Å². The van der Waals surface area contributed by atoms with Crippen LogP contribution in [0.1, 0.15) is 35.1 Å². The summed E-state index contributed by atoms with van der Waals surface area (Å²) >= 11 is 1.17. The molecule has 1 unspecified atom stereocenters. The van der Waals surface area contributed by atoms with Gasteiger partial charge in [-0.1, -0.05) is 12.1 Å². The number of carbonyl (C=O) groups is 1. The van der Waals surface area contributed by atoms with E-state index in [1.54, 1.807) is 28.5 Å².